The third kappa shape index (κ3) is 4.16. The summed E-state index contributed by atoms with van der Waals surface area (Å²) in [5, 5.41) is 2.65. The fourth-order valence-corrected chi connectivity index (χ4v) is 3.12. The van der Waals surface area contributed by atoms with E-state index in [1.807, 2.05) is 0 Å². The van der Waals surface area contributed by atoms with Crippen LogP contribution in [0.15, 0.2) is 18.2 Å². The summed E-state index contributed by atoms with van der Waals surface area (Å²) in [5.41, 5.74) is 2.25. The molecular formula is C20H22N2O6. The number of H-pyrrole nitrogens is 1. The number of aromatic nitrogens is 1. The first-order valence-electron chi connectivity index (χ1n) is 8.93. The lowest BCUT2D eigenvalue weighted by Gasteiger charge is -2.10. The highest BCUT2D eigenvalue weighted by Gasteiger charge is 2.21. The molecule has 28 heavy (non-hydrogen) atoms. The minimum Gasteiger partial charge on any atom is -0.490 e. The van der Waals surface area contributed by atoms with Crippen LogP contribution in [-0.2, 0) is 9.53 Å². The second kappa shape index (κ2) is 8.16. The summed E-state index contributed by atoms with van der Waals surface area (Å²) in [7, 11) is 0. The molecule has 8 heteroatoms. The minimum atomic E-state index is -0.693. The number of carbonyl (C=O) groups excluding carboxylic acids is 3. The van der Waals surface area contributed by atoms with Gasteiger partial charge in [-0.05, 0) is 38.5 Å². The van der Waals surface area contributed by atoms with Gasteiger partial charge in [0.2, 0.25) is 0 Å². The van der Waals surface area contributed by atoms with Crippen molar-refractivity contribution in [3.63, 3.8) is 0 Å². The van der Waals surface area contributed by atoms with Gasteiger partial charge in [-0.25, -0.2) is 4.79 Å². The summed E-state index contributed by atoms with van der Waals surface area (Å²) in [5.74, 6) is -0.141. The number of ether oxygens (including phenoxy) is 3. The van der Waals surface area contributed by atoms with Crippen LogP contribution < -0.4 is 14.8 Å². The van der Waals surface area contributed by atoms with E-state index in [0.29, 0.717) is 47.2 Å². The van der Waals surface area contributed by atoms with Gasteiger partial charge in [-0.3, -0.25) is 9.59 Å². The number of esters is 1. The van der Waals surface area contributed by atoms with E-state index < -0.39 is 18.5 Å². The molecule has 1 aromatic heterocycles. The maximum Gasteiger partial charge on any atom is 0.355 e. The normalized spacial score (nSPS) is 12.8. The first kappa shape index (κ1) is 19.5. The standard InChI is InChI=1S/C20H22N2O6/c1-11-18(13(3)23)12(2)21-19(11)20(25)28-10-17(24)22-14-5-6-15-16(9-14)27-8-4-7-26-15/h5-6,9,21H,4,7-8,10H2,1-3H3,(H,22,24). The average Bonchev–Trinajstić information content (AvgIpc) is 2.81. The maximum absolute atomic E-state index is 12.3. The van der Waals surface area contributed by atoms with Gasteiger partial charge in [-0.15, -0.1) is 0 Å². The third-order valence-corrected chi connectivity index (χ3v) is 4.36. The fraction of sp³-hybridized carbons (Fsp3) is 0.350. The molecule has 0 aliphatic carbocycles. The first-order chi connectivity index (χ1) is 13.4. The van der Waals surface area contributed by atoms with Gasteiger partial charge < -0.3 is 24.5 Å². The number of Topliss-reactive ketones (excluding diaryl/α,β-unsaturated/α-hetero) is 1. The number of amides is 1. The SMILES string of the molecule is CC(=O)c1c(C)[nH]c(C(=O)OCC(=O)Nc2ccc3c(c2)OCCCO3)c1C. The Bertz CT molecular complexity index is 931. The molecule has 2 N–H and O–H groups in total. The largest absolute Gasteiger partial charge is 0.490 e. The van der Waals surface area contributed by atoms with Gasteiger partial charge >= 0.3 is 5.97 Å². The van der Waals surface area contributed by atoms with Crippen LogP contribution in [0.4, 0.5) is 5.69 Å². The Labute approximate surface area is 162 Å². The first-order valence-corrected chi connectivity index (χ1v) is 8.93. The van der Waals surface area contributed by atoms with E-state index in [1.165, 1.54) is 6.92 Å². The Balaban J connectivity index is 1.60. The molecule has 0 unspecified atom stereocenters. The second-order valence-corrected chi connectivity index (χ2v) is 6.52. The highest BCUT2D eigenvalue weighted by atomic mass is 16.5. The third-order valence-electron chi connectivity index (χ3n) is 4.36. The van der Waals surface area contributed by atoms with Crippen LogP contribution in [0, 0.1) is 13.8 Å². The van der Waals surface area contributed by atoms with Crippen LogP contribution in [-0.4, -0.2) is 42.5 Å². The van der Waals surface area contributed by atoms with Crippen LogP contribution in [0.1, 0.15) is 45.4 Å². The number of ketones is 1. The number of rotatable bonds is 5. The van der Waals surface area contributed by atoms with Gasteiger partial charge in [-0.2, -0.15) is 0 Å². The maximum atomic E-state index is 12.3. The summed E-state index contributed by atoms with van der Waals surface area (Å²) >= 11 is 0. The lowest BCUT2D eigenvalue weighted by Crippen LogP contribution is -2.21. The predicted octanol–water partition coefficient (Wildman–Crippen LogP) is 2.79. The molecule has 148 valence electrons. The van der Waals surface area contributed by atoms with E-state index in [0.717, 1.165) is 6.42 Å². The smallest absolute Gasteiger partial charge is 0.355 e. The van der Waals surface area contributed by atoms with Crippen molar-refractivity contribution in [3.8, 4) is 11.5 Å². The van der Waals surface area contributed by atoms with Crippen molar-refractivity contribution >= 4 is 23.3 Å². The lowest BCUT2D eigenvalue weighted by atomic mass is 10.1. The molecule has 0 fully saturated rings. The zero-order valence-electron chi connectivity index (χ0n) is 16.0. The molecule has 3 rings (SSSR count). The Morgan fingerprint density at radius 2 is 1.86 bits per heavy atom. The monoisotopic (exact) mass is 386 g/mol. The number of nitrogens with one attached hydrogen (secondary N) is 2. The number of anilines is 1. The quantitative estimate of drug-likeness (QED) is 0.604. The van der Waals surface area contributed by atoms with E-state index in [2.05, 4.69) is 10.3 Å². The molecule has 8 nitrogen and oxygen atoms in total. The highest BCUT2D eigenvalue weighted by Crippen LogP contribution is 2.32. The van der Waals surface area contributed by atoms with Gasteiger partial charge in [0.15, 0.2) is 23.9 Å². The fourth-order valence-electron chi connectivity index (χ4n) is 3.12. The Kier molecular flexibility index (Phi) is 5.67. The van der Waals surface area contributed by atoms with Gasteiger partial charge in [0, 0.05) is 29.4 Å². The van der Waals surface area contributed by atoms with Crippen molar-refractivity contribution in [2.24, 2.45) is 0 Å². The number of benzene rings is 1. The number of fused-ring (bicyclic) bond motifs is 1. The molecule has 0 bridgehead atoms. The molecule has 1 aliphatic heterocycles. The van der Waals surface area contributed by atoms with Crippen LogP contribution in [0.5, 0.6) is 11.5 Å². The van der Waals surface area contributed by atoms with Crippen molar-refractivity contribution in [2.75, 3.05) is 25.1 Å². The summed E-state index contributed by atoms with van der Waals surface area (Å²) in [6.07, 6.45) is 0.787. The Morgan fingerprint density at radius 1 is 1.14 bits per heavy atom. The van der Waals surface area contributed by atoms with E-state index in [1.54, 1.807) is 32.0 Å². The van der Waals surface area contributed by atoms with Crippen LogP contribution in [0.25, 0.3) is 0 Å². The minimum absolute atomic E-state index is 0.141. The molecule has 1 aliphatic rings. The van der Waals surface area contributed by atoms with Gasteiger partial charge in [-0.1, -0.05) is 0 Å². The number of aromatic amines is 1. The molecule has 2 aromatic rings. The number of aryl methyl sites for hydroxylation is 1. The van der Waals surface area contributed by atoms with Gasteiger partial charge in [0.25, 0.3) is 5.91 Å². The van der Waals surface area contributed by atoms with Crippen molar-refractivity contribution in [2.45, 2.75) is 27.2 Å². The molecule has 1 amide bonds. The van der Waals surface area contributed by atoms with Gasteiger partial charge in [0.1, 0.15) is 5.69 Å². The molecule has 0 radical (unpaired) electrons. The molecule has 2 heterocycles. The molecule has 0 spiro atoms. The van der Waals surface area contributed by atoms with E-state index >= 15 is 0 Å². The van der Waals surface area contributed by atoms with Crippen LogP contribution in [0.3, 0.4) is 0 Å². The molecule has 0 saturated heterocycles. The van der Waals surface area contributed by atoms with Crippen molar-refractivity contribution in [1.29, 1.82) is 0 Å². The number of hydrogen-bond acceptors (Lipinski definition) is 6. The van der Waals surface area contributed by atoms with E-state index in [4.69, 9.17) is 14.2 Å². The van der Waals surface area contributed by atoms with Crippen LogP contribution >= 0.6 is 0 Å². The molecule has 0 saturated carbocycles. The van der Waals surface area contributed by atoms with E-state index in [-0.39, 0.29) is 11.5 Å². The molecular weight excluding hydrogens is 364 g/mol. The zero-order chi connectivity index (χ0) is 20.3. The van der Waals surface area contributed by atoms with Gasteiger partial charge in [0.05, 0.1) is 13.2 Å². The summed E-state index contributed by atoms with van der Waals surface area (Å²) in [4.78, 5) is 38.9. The summed E-state index contributed by atoms with van der Waals surface area (Å²) < 4.78 is 16.2. The average molecular weight is 386 g/mol. The Hall–Kier alpha value is -3.29. The number of hydrogen-bond donors (Lipinski definition) is 2. The second-order valence-electron chi connectivity index (χ2n) is 6.52. The summed E-state index contributed by atoms with van der Waals surface area (Å²) in [6, 6.07) is 5.07. The lowest BCUT2D eigenvalue weighted by molar-refractivity contribution is -0.119. The van der Waals surface area contributed by atoms with Crippen molar-refractivity contribution < 1.29 is 28.6 Å². The molecule has 0 atom stereocenters. The highest BCUT2D eigenvalue weighted by molar-refractivity contribution is 6.01. The molecule has 1 aromatic carbocycles. The zero-order valence-corrected chi connectivity index (χ0v) is 16.0. The van der Waals surface area contributed by atoms with Crippen molar-refractivity contribution in [3.05, 3.63) is 40.7 Å². The van der Waals surface area contributed by atoms with E-state index in [9.17, 15) is 14.4 Å². The topological polar surface area (TPSA) is 107 Å². The predicted molar refractivity (Wildman–Crippen MR) is 101 cm³/mol. The summed E-state index contributed by atoms with van der Waals surface area (Å²) in [6.45, 7) is 5.46. The number of carbonyl (C=O) groups is 3. The van der Waals surface area contributed by atoms with Crippen LogP contribution in [0.2, 0.25) is 0 Å². The Morgan fingerprint density at radius 3 is 2.54 bits per heavy atom. The van der Waals surface area contributed by atoms with Crippen molar-refractivity contribution in [1.82, 2.24) is 4.98 Å².